The standard InChI is InChI=1S/C7H6IN2S/c1-8-6-5-2-3-11-7(5)10-4-9-6/h2-4H,1H3/q-1. The van der Waals surface area contributed by atoms with Crippen LogP contribution in [0.15, 0.2) is 17.8 Å². The van der Waals surface area contributed by atoms with E-state index in [1.54, 1.807) is 17.7 Å². The summed E-state index contributed by atoms with van der Waals surface area (Å²) in [7, 11) is 0. The summed E-state index contributed by atoms with van der Waals surface area (Å²) < 4.78 is 1.26. The van der Waals surface area contributed by atoms with Gasteiger partial charge in [-0.3, -0.25) is 0 Å². The molecule has 0 saturated heterocycles. The Morgan fingerprint density at radius 2 is 2.36 bits per heavy atom. The second-order valence-electron chi connectivity index (χ2n) is 1.99. The SMILES string of the molecule is C[I-]c1ncnc2sccc12. The average Bonchev–Trinajstić information content (AvgIpc) is 2.50. The molecule has 2 heterocycles. The zero-order chi connectivity index (χ0) is 7.68. The van der Waals surface area contributed by atoms with Gasteiger partial charge in [-0.1, -0.05) is 0 Å². The molecule has 2 aromatic rings. The first-order valence-corrected chi connectivity index (χ1v) is 7.21. The monoisotopic (exact) mass is 277 g/mol. The van der Waals surface area contributed by atoms with Crippen molar-refractivity contribution in [2.75, 3.05) is 4.93 Å². The van der Waals surface area contributed by atoms with E-state index in [1.807, 2.05) is 0 Å². The van der Waals surface area contributed by atoms with Crippen molar-refractivity contribution >= 4 is 21.6 Å². The zero-order valence-corrected chi connectivity index (χ0v) is 8.89. The van der Waals surface area contributed by atoms with E-state index in [0.717, 1.165) is 4.83 Å². The predicted molar refractivity (Wildman–Crippen MR) is 42.0 cm³/mol. The van der Waals surface area contributed by atoms with Crippen molar-refractivity contribution in [3.8, 4) is 0 Å². The third-order valence-electron chi connectivity index (χ3n) is 1.39. The van der Waals surface area contributed by atoms with Gasteiger partial charge in [-0.2, -0.15) is 0 Å². The van der Waals surface area contributed by atoms with Crippen LogP contribution in [-0.4, -0.2) is 14.9 Å². The Labute approximate surface area is 78.9 Å². The Kier molecular flexibility index (Phi) is 2.04. The zero-order valence-electron chi connectivity index (χ0n) is 5.91. The molecule has 0 aliphatic rings. The molecule has 0 aliphatic carbocycles. The molecule has 0 bridgehead atoms. The van der Waals surface area contributed by atoms with Crippen LogP contribution in [0.4, 0.5) is 0 Å². The Bertz CT molecular complexity index is 371. The molecule has 0 fully saturated rings. The van der Waals surface area contributed by atoms with Crippen LogP contribution in [0.25, 0.3) is 10.2 Å². The number of alkyl halides is 1. The fraction of sp³-hybridized carbons (Fsp3) is 0.143. The number of rotatable bonds is 1. The Morgan fingerprint density at radius 3 is 3.18 bits per heavy atom. The fourth-order valence-electron chi connectivity index (χ4n) is 0.910. The summed E-state index contributed by atoms with van der Waals surface area (Å²) in [6.07, 6.45) is 1.66. The van der Waals surface area contributed by atoms with Crippen molar-refractivity contribution in [3.05, 3.63) is 21.5 Å². The van der Waals surface area contributed by atoms with Crippen LogP contribution < -0.4 is 21.2 Å². The van der Waals surface area contributed by atoms with Crippen molar-refractivity contribution in [1.82, 2.24) is 9.97 Å². The third-order valence-corrected chi connectivity index (χ3v) is 4.09. The second kappa shape index (κ2) is 3.02. The van der Waals surface area contributed by atoms with Crippen LogP contribution >= 0.6 is 11.3 Å². The number of fused-ring (bicyclic) bond motifs is 1. The Morgan fingerprint density at radius 1 is 1.45 bits per heavy atom. The maximum absolute atomic E-state index is 4.24. The summed E-state index contributed by atoms with van der Waals surface area (Å²) in [5.74, 6) is 0. The Hall–Kier alpha value is -0.230. The molecule has 0 atom stereocenters. The van der Waals surface area contributed by atoms with Gasteiger partial charge in [0.1, 0.15) is 0 Å². The number of nitrogens with zero attached hydrogens (tertiary/aromatic N) is 2. The number of hydrogen-bond donors (Lipinski definition) is 0. The first-order chi connectivity index (χ1) is 5.42. The van der Waals surface area contributed by atoms with Crippen LogP contribution in [0.1, 0.15) is 0 Å². The van der Waals surface area contributed by atoms with E-state index in [4.69, 9.17) is 0 Å². The van der Waals surface area contributed by atoms with Gasteiger partial charge in [0.15, 0.2) is 0 Å². The van der Waals surface area contributed by atoms with Gasteiger partial charge in [-0.05, 0) is 0 Å². The molecule has 2 rings (SSSR count). The molecule has 2 aromatic heterocycles. The van der Waals surface area contributed by atoms with Crippen LogP contribution in [0, 0.1) is 3.70 Å². The molecule has 0 unspecified atom stereocenters. The van der Waals surface area contributed by atoms with E-state index in [9.17, 15) is 0 Å². The van der Waals surface area contributed by atoms with Crippen molar-refractivity contribution in [2.24, 2.45) is 0 Å². The first-order valence-electron chi connectivity index (χ1n) is 3.09. The molecule has 2 nitrogen and oxygen atoms in total. The van der Waals surface area contributed by atoms with E-state index in [1.165, 1.54) is 9.09 Å². The number of halogens is 1. The van der Waals surface area contributed by atoms with E-state index in [0.29, 0.717) is 0 Å². The fourth-order valence-corrected chi connectivity index (χ4v) is 3.25. The molecule has 0 aromatic carbocycles. The molecule has 0 radical (unpaired) electrons. The van der Waals surface area contributed by atoms with Crippen LogP contribution in [0.2, 0.25) is 0 Å². The van der Waals surface area contributed by atoms with Gasteiger partial charge in [-0.25, -0.2) is 0 Å². The summed E-state index contributed by atoms with van der Waals surface area (Å²) in [5.41, 5.74) is 0. The summed E-state index contributed by atoms with van der Waals surface area (Å²) in [4.78, 5) is 11.8. The summed E-state index contributed by atoms with van der Waals surface area (Å²) in [6.45, 7) is 0. The topological polar surface area (TPSA) is 25.8 Å². The van der Waals surface area contributed by atoms with E-state index >= 15 is 0 Å². The van der Waals surface area contributed by atoms with E-state index in [2.05, 4.69) is 26.3 Å². The van der Waals surface area contributed by atoms with Gasteiger partial charge in [0, 0.05) is 0 Å². The maximum atomic E-state index is 4.24. The van der Waals surface area contributed by atoms with Crippen LogP contribution in [0.3, 0.4) is 0 Å². The van der Waals surface area contributed by atoms with Gasteiger partial charge >= 0.3 is 79.1 Å². The van der Waals surface area contributed by atoms with E-state index < -0.39 is 0 Å². The van der Waals surface area contributed by atoms with Gasteiger partial charge in [0.2, 0.25) is 0 Å². The molecular weight excluding hydrogens is 271 g/mol. The average molecular weight is 277 g/mol. The van der Waals surface area contributed by atoms with Crippen molar-refractivity contribution in [3.63, 3.8) is 0 Å². The number of hydrogen-bond acceptors (Lipinski definition) is 3. The quantitative estimate of drug-likeness (QED) is 0.363. The Balaban J connectivity index is 2.79. The predicted octanol–water partition coefficient (Wildman–Crippen LogP) is -1.42. The normalized spacial score (nSPS) is 11.0. The summed E-state index contributed by atoms with van der Waals surface area (Å²) >= 11 is 1.77. The molecule has 0 aliphatic heterocycles. The van der Waals surface area contributed by atoms with Gasteiger partial charge in [0.25, 0.3) is 0 Å². The van der Waals surface area contributed by atoms with Crippen molar-refractivity contribution < 1.29 is 21.2 Å². The van der Waals surface area contributed by atoms with Gasteiger partial charge in [-0.15, -0.1) is 0 Å². The molecule has 0 amide bonds. The molecule has 0 N–H and O–H groups in total. The molecule has 11 heavy (non-hydrogen) atoms. The summed E-state index contributed by atoms with van der Waals surface area (Å²) in [5, 5.41) is 3.33. The minimum atomic E-state index is 0.0888. The first kappa shape index (κ1) is 7.42. The van der Waals surface area contributed by atoms with Crippen LogP contribution in [-0.2, 0) is 0 Å². The van der Waals surface area contributed by atoms with E-state index in [-0.39, 0.29) is 21.2 Å². The molecule has 0 saturated carbocycles. The van der Waals surface area contributed by atoms with Crippen LogP contribution in [0.5, 0.6) is 0 Å². The molecule has 58 valence electrons. The van der Waals surface area contributed by atoms with Crippen molar-refractivity contribution in [1.29, 1.82) is 0 Å². The molecule has 4 heteroatoms. The third kappa shape index (κ3) is 1.24. The minimum absolute atomic E-state index is 0.0888. The molecular formula is C7H6IN2S-. The van der Waals surface area contributed by atoms with Gasteiger partial charge < -0.3 is 0 Å². The number of aromatic nitrogens is 2. The number of thiophene rings is 1. The molecule has 0 spiro atoms. The van der Waals surface area contributed by atoms with Gasteiger partial charge in [0.05, 0.1) is 0 Å². The van der Waals surface area contributed by atoms with Crippen molar-refractivity contribution in [2.45, 2.75) is 0 Å². The second-order valence-corrected chi connectivity index (χ2v) is 4.99. The summed E-state index contributed by atoms with van der Waals surface area (Å²) in [6, 6.07) is 2.11.